The van der Waals surface area contributed by atoms with Crippen molar-refractivity contribution in [1.29, 1.82) is 0 Å². The first-order chi connectivity index (χ1) is 8.07. The number of nitrogens with two attached hydrogens (primary N) is 1. The number of nitrogen functional groups attached to an aromatic ring is 1. The summed E-state index contributed by atoms with van der Waals surface area (Å²) in [5.41, 5.74) is 5.77. The van der Waals surface area contributed by atoms with Crippen LogP contribution < -0.4 is 11.1 Å². The van der Waals surface area contributed by atoms with Crippen LogP contribution in [0.25, 0.3) is 0 Å². The van der Waals surface area contributed by atoms with Gasteiger partial charge in [0.1, 0.15) is 11.0 Å². The average Bonchev–Trinajstić information content (AvgIpc) is 2.26. The Balaban J connectivity index is 1.96. The molecule has 2 heterocycles. The van der Waals surface area contributed by atoms with Crippen molar-refractivity contribution >= 4 is 23.4 Å². The van der Waals surface area contributed by atoms with E-state index >= 15 is 0 Å². The van der Waals surface area contributed by atoms with Gasteiger partial charge in [-0.25, -0.2) is 4.98 Å². The molecule has 3 N–H and O–H groups in total. The summed E-state index contributed by atoms with van der Waals surface area (Å²) in [6, 6.07) is 1.68. The molecule has 1 aromatic heterocycles. The lowest BCUT2D eigenvalue weighted by atomic mass is 9.82. The number of rotatable bonds is 3. The second-order valence-electron chi connectivity index (χ2n) is 4.71. The lowest BCUT2D eigenvalue weighted by molar-refractivity contribution is 0.0300. The first-order valence-electron chi connectivity index (χ1n) is 5.69. The Morgan fingerprint density at radius 2 is 2.18 bits per heavy atom. The van der Waals surface area contributed by atoms with E-state index in [1.54, 1.807) is 6.07 Å². The normalized spacial score (nSPS) is 18.9. The van der Waals surface area contributed by atoms with Crippen LogP contribution in [0, 0.1) is 5.41 Å². The van der Waals surface area contributed by atoms with Crippen LogP contribution in [-0.2, 0) is 4.74 Å². The smallest absolute Gasteiger partial charge is 0.223 e. The van der Waals surface area contributed by atoms with Gasteiger partial charge in [-0.2, -0.15) is 4.98 Å². The number of hydrogen-bond acceptors (Lipinski definition) is 5. The molecule has 1 aliphatic heterocycles. The maximum absolute atomic E-state index is 5.82. The molecule has 0 saturated carbocycles. The number of aromatic nitrogens is 2. The van der Waals surface area contributed by atoms with E-state index in [0.29, 0.717) is 11.0 Å². The lowest BCUT2D eigenvalue weighted by Crippen LogP contribution is -2.33. The fourth-order valence-electron chi connectivity index (χ4n) is 1.87. The average molecular weight is 257 g/mol. The van der Waals surface area contributed by atoms with Crippen LogP contribution in [0.2, 0.25) is 5.15 Å². The first kappa shape index (κ1) is 12.4. The van der Waals surface area contributed by atoms with Crippen molar-refractivity contribution in [3.63, 3.8) is 0 Å². The largest absolute Gasteiger partial charge is 0.381 e. The number of nitrogens with one attached hydrogen (secondary N) is 1. The SMILES string of the molecule is CC1(CNc2cc(Cl)nc(N)n2)CCOCC1. The third-order valence-corrected chi connectivity index (χ3v) is 3.30. The minimum Gasteiger partial charge on any atom is -0.381 e. The third kappa shape index (κ3) is 3.44. The molecule has 1 saturated heterocycles. The Labute approximate surface area is 106 Å². The van der Waals surface area contributed by atoms with Crippen molar-refractivity contribution in [2.24, 2.45) is 5.41 Å². The molecule has 0 amide bonds. The van der Waals surface area contributed by atoms with Crippen LogP contribution in [0.15, 0.2) is 6.07 Å². The lowest BCUT2D eigenvalue weighted by Gasteiger charge is -2.33. The zero-order chi connectivity index (χ0) is 12.3. The fraction of sp³-hybridized carbons (Fsp3) is 0.636. The molecule has 0 aromatic carbocycles. The highest BCUT2D eigenvalue weighted by Crippen LogP contribution is 2.29. The van der Waals surface area contributed by atoms with Crippen LogP contribution >= 0.6 is 11.6 Å². The molecule has 0 bridgehead atoms. The highest BCUT2D eigenvalue weighted by Gasteiger charge is 2.27. The molecule has 0 spiro atoms. The Bertz CT molecular complexity index is 373. The zero-order valence-electron chi connectivity index (χ0n) is 9.87. The summed E-state index contributed by atoms with van der Waals surface area (Å²) in [4.78, 5) is 7.91. The van der Waals surface area contributed by atoms with Gasteiger partial charge in [-0.3, -0.25) is 0 Å². The van der Waals surface area contributed by atoms with Crippen LogP contribution in [0.3, 0.4) is 0 Å². The van der Waals surface area contributed by atoms with Crippen LogP contribution in [-0.4, -0.2) is 29.7 Å². The van der Waals surface area contributed by atoms with Crippen LogP contribution in [0.5, 0.6) is 0 Å². The fourth-order valence-corrected chi connectivity index (χ4v) is 2.06. The van der Waals surface area contributed by atoms with Gasteiger partial charge >= 0.3 is 0 Å². The maximum Gasteiger partial charge on any atom is 0.223 e. The monoisotopic (exact) mass is 256 g/mol. The van der Waals surface area contributed by atoms with E-state index in [1.165, 1.54) is 0 Å². The van der Waals surface area contributed by atoms with Gasteiger partial charge in [0.25, 0.3) is 0 Å². The van der Waals surface area contributed by atoms with Gasteiger partial charge in [0.05, 0.1) is 0 Å². The van der Waals surface area contributed by atoms with E-state index in [9.17, 15) is 0 Å². The molecule has 1 aliphatic rings. The van der Waals surface area contributed by atoms with Crippen molar-refractivity contribution in [3.05, 3.63) is 11.2 Å². The van der Waals surface area contributed by atoms with Crippen molar-refractivity contribution in [3.8, 4) is 0 Å². The van der Waals surface area contributed by atoms with Gasteiger partial charge in [0, 0.05) is 25.8 Å². The highest BCUT2D eigenvalue weighted by atomic mass is 35.5. The molecule has 94 valence electrons. The van der Waals surface area contributed by atoms with Crippen LogP contribution in [0.4, 0.5) is 11.8 Å². The van der Waals surface area contributed by atoms with Gasteiger partial charge in [-0.05, 0) is 18.3 Å². The van der Waals surface area contributed by atoms with Gasteiger partial charge < -0.3 is 15.8 Å². The molecular formula is C11H17ClN4O. The summed E-state index contributed by atoms with van der Waals surface area (Å²) < 4.78 is 5.36. The molecule has 1 aromatic rings. The Hall–Kier alpha value is -1.07. The molecule has 0 aliphatic carbocycles. The molecule has 5 nitrogen and oxygen atoms in total. The quantitative estimate of drug-likeness (QED) is 0.809. The Morgan fingerprint density at radius 1 is 1.47 bits per heavy atom. The van der Waals surface area contributed by atoms with E-state index in [-0.39, 0.29) is 11.4 Å². The van der Waals surface area contributed by atoms with E-state index in [2.05, 4.69) is 22.2 Å². The number of nitrogens with zero attached hydrogens (tertiary/aromatic N) is 2. The molecule has 0 atom stereocenters. The maximum atomic E-state index is 5.82. The summed E-state index contributed by atoms with van der Waals surface area (Å²) in [5.74, 6) is 0.868. The molecule has 6 heteroatoms. The predicted molar refractivity (Wildman–Crippen MR) is 68.1 cm³/mol. The topological polar surface area (TPSA) is 73.1 Å². The standard InChI is InChI=1S/C11H17ClN4O/c1-11(2-4-17-5-3-11)7-14-9-6-8(12)15-10(13)16-9/h6H,2-5,7H2,1H3,(H3,13,14,15,16). The van der Waals surface area contributed by atoms with Crippen molar-refractivity contribution in [2.45, 2.75) is 19.8 Å². The van der Waals surface area contributed by atoms with Gasteiger partial charge in [0.15, 0.2) is 0 Å². The van der Waals surface area contributed by atoms with Gasteiger partial charge in [-0.15, -0.1) is 0 Å². The molecule has 0 radical (unpaired) electrons. The number of halogens is 1. The molecule has 17 heavy (non-hydrogen) atoms. The minimum atomic E-state index is 0.192. The van der Waals surface area contributed by atoms with E-state index in [4.69, 9.17) is 22.1 Å². The summed E-state index contributed by atoms with van der Waals surface area (Å²) >= 11 is 5.82. The Morgan fingerprint density at radius 3 is 2.82 bits per heavy atom. The van der Waals surface area contributed by atoms with Crippen molar-refractivity contribution < 1.29 is 4.74 Å². The van der Waals surface area contributed by atoms with Crippen molar-refractivity contribution in [2.75, 3.05) is 30.8 Å². The zero-order valence-corrected chi connectivity index (χ0v) is 10.6. The minimum absolute atomic E-state index is 0.192. The molecule has 2 rings (SSSR count). The van der Waals surface area contributed by atoms with Gasteiger partial charge in [0.2, 0.25) is 5.95 Å². The first-order valence-corrected chi connectivity index (χ1v) is 6.07. The van der Waals surface area contributed by atoms with Gasteiger partial charge in [-0.1, -0.05) is 18.5 Å². The number of ether oxygens (including phenoxy) is 1. The van der Waals surface area contributed by atoms with E-state index in [1.807, 2.05) is 0 Å². The summed E-state index contributed by atoms with van der Waals surface area (Å²) in [5, 5.41) is 3.62. The summed E-state index contributed by atoms with van der Waals surface area (Å²) in [6.45, 7) is 4.73. The van der Waals surface area contributed by atoms with Crippen molar-refractivity contribution in [1.82, 2.24) is 9.97 Å². The second kappa shape index (κ2) is 5.06. The summed E-state index contributed by atoms with van der Waals surface area (Å²) in [6.07, 6.45) is 2.10. The van der Waals surface area contributed by atoms with E-state index < -0.39 is 0 Å². The third-order valence-electron chi connectivity index (χ3n) is 3.11. The number of hydrogen-bond donors (Lipinski definition) is 2. The van der Waals surface area contributed by atoms with Crippen LogP contribution in [0.1, 0.15) is 19.8 Å². The molecule has 1 fully saturated rings. The Kier molecular flexibility index (Phi) is 3.69. The highest BCUT2D eigenvalue weighted by molar-refractivity contribution is 6.29. The molecule has 0 unspecified atom stereocenters. The second-order valence-corrected chi connectivity index (χ2v) is 5.10. The summed E-state index contributed by atoms with van der Waals surface area (Å²) in [7, 11) is 0. The predicted octanol–water partition coefficient (Wildman–Crippen LogP) is 1.94. The molecular weight excluding hydrogens is 240 g/mol. The van der Waals surface area contributed by atoms with E-state index in [0.717, 1.165) is 32.6 Å². The number of anilines is 2.